The molecule has 2 N–H and O–H groups in total. The van der Waals surface area contributed by atoms with Gasteiger partial charge in [0.15, 0.2) is 0 Å². The molecule has 4 rings (SSSR count). The zero-order valence-electron chi connectivity index (χ0n) is 15.8. The second-order valence-corrected chi connectivity index (χ2v) is 6.69. The summed E-state index contributed by atoms with van der Waals surface area (Å²) in [5.41, 5.74) is 3.32. The van der Waals surface area contributed by atoms with Crippen LogP contribution in [0.1, 0.15) is 29.0 Å². The molecule has 0 aliphatic heterocycles. The minimum absolute atomic E-state index is 0.00481. The van der Waals surface area contributed by atoms with E-state index in [0.717, 1.165) is 28.0 Å². The Bertz CT molecular complexity index is 1130. The first-order valence-corrected chi connectivity index (χ1v) is 9.11. The van der Waals surface area contributed by atoms with E-state index in [2.05, 4.69) is 27.5 Å². The summed E-state index contributed by atoms with van der Waals surface area (Å²) < 4.78 is 1.80. The van der Waals surface area contributed by atoms with E-state index in [1.54, 1.807) is 17.0 Å². The van der Waals surface area contributed by atoms with E-state index in [1.807, 2.05) is 67.8 Å². The van der Waals surface area contributed by atoms with Crippen LogP contribution in [0.3, 0.4) is 0 Å². The number of nitrogens with zero attached hydrogens (tertiary/aromatic N) is 3. The zero-order chi connectivity index (χ0) is 19.5. The van der Waals surface area contributed by atoms with Crippen LogP contribution in [0.15, 0.2) is 73.2 Å². The number of benzene rings is 2. The zero-order valence-corrected chi connectivity index (χ0v) is 15.8. The van der Waals surface area contributed by atoms with Crippen molar-refractivity contribution in [3.05, 3.63) is 84.4 Å². The number of hydrogen-bond donors (Lipinski definition) is 2. The minimum atomic E-state index is -0.132. The number of aromatic nitrogens is 3. The Hall–Kier alpha value is -3.67. The molecule has 4 aromatic rings. The first-order chi connectivity index (χ1) is 13.6. The van der Waals surface area contributed by atoms with Gasteiger partial charge in [0, 0.05) is 24.3 Å². The summed E-state index contributed by atoms with van der Waals surface area (Å²) in [6.07, 6.45) is 3.41. The molecule has 0 spiro atoms. The Balaban J connectivity index is 1.53. The Morgan fingerprint density at radius 3 is 2.71 bits per heavy atom. The number of anilines is 2. The highest BCUT2D eigenvalue weighted by atomic mass is 16.1. The van der Waals surface area contributed by atoms with Crippen LogP contribution in [-0.4, -0.2) is 20.4 Å². The number of para-hydroxylation sites is 1. The van der Waals surface area contributed by atoms with Crippen molar-refractivity contribution in [2.45, 2.75) is 13.0 Å². The number of carbonyl (C=O) groups is 1. The lowest BCUT2D eigenvalue weighted by molar-refractivity contribution is 0.101. The average molecular weight is 371 g/mol. The molecule has 0 aliphatic carbocycles. The largest absolute Gasteiger partial charge is 0.363 e. The summed E-state index contributed by atoms with van der Waals surface area (Å²) in [5.74, 6) is 0.656. The Morgan fingerprint density at radius 2 is 1.89 bits per heavy atom. The van der Waals surface area contributed by atoms with Gasteiger partial charge in [-0.15, -0.1) is 0 Å². The van der Waals surface area contributed by atoms with Crippen LogP contribution in [0.2, 0.25) is 0 Å². The van der Waals surface area contributed by atoms with Gasteiger partial charge in [0.05, 0.1) is 11.6 Å². The molecule has 6 nitrogen and oxygen atoms in total. The normalized spacial score (nSPS) is 11.9. The van der Waals surface area contributed by atoms with Crippen molar-refractivity contribution in [3.63, 3.8) is 0 Å². The quantitative estimate of drug-likeness (QED) is 0.546. The van der Waals surface area contributed by atoms with Crippen molar-refractivity contribution in [2.24, 2.45) is 7.05 Å². The van der Waals surface area contributed by atoms with Crippen molar-refractivity contribution in [1.29, 1.82) is 0 Å². The molecule has 2 aromatic carbocycles. The van der Waals surface area contributed by atoms with Gasteiger partial charge >= 0.3 is 0 Å². The van der Waals surface area contributed by atoms with E-state index >= 15 is 0 Å². The lowest BCUT2D eigenvalue weighted by Crippen LogP contribution is -2.16. The molecule has 140 valence electrons. The van der Waals surface area contributed by atoms with Crippen molar-refractivity contribution in [3.8, 4) is 0 Å². The molecule has 2 heterocycles. The maximum Gasteiger partial charge on any atom is 0.272 e. The molecule has 1 unspecified atom stereocenters. The van der Waals surface area contributed by atoms with Gasteiger partial charge in [0.25, 0.3) is 5.91 Å². The van der Waals surface area contributed by atoms with Crippen LogP contribution in [0, 0.1) is 0 Å². The summed E-state index contributed by atoms with van der Waals surface area (Å²) in [5, 5.41) is 7.39. The second-order valence-electron chi connectivity index (χ2n) is 6.69. The predicted molar refractivity (Wildman–Crippen MR) is 111 cm³/mol. The van der Waals surface area contributed by atoms with E-state index in [9.17, 15) is 4.79 Å². The van der Waals surface area contributed by atoms with Gasteiger partial charge in [-0.1, -0.05) is 24.3 Å². The van der Waals surface area contributed by atoms with Gasteiger partial charge in [-0.05, 0) is 48.9 Å². The van der Waals surface area contributed by atoms with Crippen LogP contribution < -0.4 is 10.6 Å². The van der Waals surface area contributed by atoms with Gasteiger partial charge in [0.1, 0.15) is 17.8 Å². The van der Waals surface area contributed by atoms with Gasteiger partial charge in [-0.2, -0.15) is 0 Å². The molecule has 0 saturated carbocycles. The van der Waals surface area contributed by atoms with Crippen LogP contribution in [0.4, 0.5) is 11.5 Å². The maximum atomic E-state index is 12.5. The fraction of sp³-hybridized carbons (Fsp3) is 0.136. The molecule has 0 fully saturated rings. The van der Waals surface area contributed by atoms with Crippen molar-refractivity contribution in [2.75, 3.05) is 10.6 Å². The highest BCUT2D eigenvalue weighted by Crippen LogP contribution is 2.25. The summed E-state index contributed by atoms with van der Waals surface area (Å²) >= 11 is 0. The Kier molecular flexibility index (Phi) is 4.76. The first-order valence-electron chi connectivity index (χ1n) is 9.11. The molecule has 0 bridgehead atoms. The van der Waals surface area contributed by atoms with E-state index in [0.29, 0.717) is 5.69 Å². The van der Waals surface area contributed by atoms with E-state index < -0.39 is 0 Å². The Labute approximate surface area is 163 Å². The topological polar surface area (TPSA) is 71.8 Å². The van der Waals surface area contributed by atoms with E-state index in [-0.39, 0.29) is 11.9 Å². The fourth-order valence-corrected chi connectivity index (χ4v) is 3.19. The van der Waals surface area contributed by atoms with E-state index in [1.165, 1.54) is 0 Å². The molecule has 0 saturated heterocycles. The number of carbonyl (C=O) groups excluding carboxylic acids is 1. The third kappa shape index (κ3) is 3.57. The summed E-state index contributed by atoms with van der Waals surface area (Å²) in [6, 6.07) is 19.4. The van der Waals surface area contributed by atoms with Crippen molar-refractivity contribution >= 4 is 28.3 Å². The molecule has 2 aromatic heterocycles. The van der Waals surface area contributed by atoms with Crippen LogP contribution in [-0.2, 0) is 7.05 Å². The summed E-state index contributed by atoms with van der Waals surface area (Å²) in [6.45, 7) is 2.06. The summed E-state index contributed by atoms with van der Waals surface area (Å²) in [7, 11) is 1.85. The molecular weight excluding hydrogens is 350 g/mol. The first kappa shape index (κ1) is 17.7. The van der Waals surface area contributed by atoms with Crippen LogP contribution in [0.25, 0.3) is 10.9 Å². The maximum absolute atomic E-state index is 12.5. The van der Waals surface area contributed by atoms with Gasteiger partial charge < -0.3 is 15.2 Å². The van der Waals surface area contributed by atoms with Gasteiger partial charge in [0.2, 0.25) is 0 Å². The molecule has 1 amide bonds. The number of aryl methyl sites for hydroxylation is 1. The fourth-order valence-electron chi connectivity index (χ4n) is 3.19. The lowest BCUT2D eigenvalue weighted by atomic mass is 10.1. The third-order valence-corrected chi connectivity index (χ3v) is 4.72. The van der Waals surface area contributed by atoms with Gasteiger partial charge in [-0.25, -0.2) is 9.97 Å². The molecule has 1 atom stereocenters. The monoisotopic (exact) mass is 371 g/mol. The van der Waals surface area contributed by atoms with Crippen LogP contribution in [0.5, 0.6) is 0 Å². The van der Waals surface area contributed by atoms with Crippen molar-refractivity contribution in [1.82, 2.24) is 14.5 Å². The number of nitrogens with one attached hydrogen (secondary N) is 2. The molecule has 0 radical (unpaired) electrons. The second kappa shape index (κ2) is 7.52. The highest BCUT2D eigenvalue weighted by molar-refractivity contribution is 6.03. The number of hydrogen-bond acceptors (Lipinski definition) is 4. The molecular formula is C22H21N5O. The average Bonchev–Trinajstić information content (AvgIpc) is 3.14. The SMILES string of the molecule is CC(Nc1ncnc2ccccc12)c1cccc(NC(=O)c2cccn2C)c1. The number of fused-ring (bicyclic) bond motifs is 1. The standard InChI is InChI=1S/C22H21N5O/c1-15(25-21-18-9-3-4-10-19(18)23-14-24-21)16-7-5-8-17(13-16)26-22(28)20-11-6-12-27(20)2/h3-15H,1-2H3,(H,26,28)(H,23,24,25). The summed E-state index contributed by atoms with van der Waals surface area (Å²) in [4.78, 5) is 21.1. The molecule has 28 heavy (non-hydrogen) atoms. The van der Waals surface area contributed by atoms with Crippen molar-refractivity contribution < 1.29 is 4.79 Å². The van der Waals surface area contributed by atoms with E-state index in [4.69, 9.17) is 0 Å². The lowest BCUT2D eigenvalue weighted by Gasteiger charge is -2.17. The third-order valence-electron chi connectivity index (χ3n) is 4.72. The smallest absolute Gasteiger partial charge is 0.272 e. The number of rotatable bonds is 5. The Morgan fingerprint density at radius 1 is 1.04 bits per heavy atom. The van der Waals surface area contributed by atoms with Gasteiger partial charge in [-0.3, -0.25) is 4.79 Å². The van der Waals surface area contributed by atoms with Crippen LogP contribution >= 0.6 is 0 Å². The minimum Gasteiger partial charge on any atom is -0.363 e. The molecule has 6 heteroatoms. The predicted octanol–water partition coefficient (Wildman–Crippen LogP) is 4.39. The highest BCUT2D eigenvalue weighted by Gasteiger charge is 2.12. The molecule has 0 aliphatic rings. The number of amides is 1.